The van der Waals surface area contributed by atoms with Gasteiger partial charge in [-0.25, -0.2) is 8.42 Å². The van der Waals surface area contributed by atoms with Crippen LogP contribution in [0.2, 0.25) is 0 Å². The van der Waals surface area contributed by atoms with Gasteiger partial charge in [-0.3, -0.25) is 4.79 Å². The molecule has 0 aromatic heterocycles. The molecular weight excluding hydrogens is 288 g/mol. The molecular formula is C15H28N2O3S. The molecule has 2 fully saturated rings. The van der Waals surface area contributed by atoms with Gasteiger partial charge in [0.05, 0.1) is 12.2 Å². The van der Waals surface area contributed by atoms with Gasteiger partial charge in [0.25, 0.3) is 0 Å². The zero-order valence-corrected chi connectivity index (χ0v) is 14.4. The van der Waals surface area contributed by atoms with Crippen molar-refractivity contribution in [3.63, 3.8) is 0 Å². The quantitative estimate of drug-likeness (QED) is 0.861. The first-order valence-electron chi connectivity index (χ1n) is 7.90. The summed E-state index contributed by atoms with van der Waals surface area (Å²) in [4.78, 5) is 12.2. The van der Waals surface area contributed by atoms with Crippen molar-refractivity contribution in [3.8, 4) is 0 Å². The second-order valence-corrected chi connectivity index (χ2v) is 9.42. The van der Waals surface area contributed by atoms with Gasteiger partial charge in [-0.15, -0.1) is 0 Å². The molecule has 0 aromatic carbocycles. The second kappa shape index (κ2) is 5.88. The largest absolute Gasteiger partial charge is 0.351 e. The van der Waals surface area contributed by atoms with Crippen molar-refractivity contribution >= 4 is 15.9 Å². The van der Waals surface area contributed by atoms with Crippen molar-refractivity contribution in [1.29, 1.82) is 0 Å². The van der Waals surface area contributed by atoms with E-state index in [-0.39, 0.29) is 29.4 Å². The van der Waals surface area contributed by atoms with Crippen molar-refractivity contribution in [2.45, 2.75) is 76.9 Å². The third-order valence-electron chi connectivity index (χ3n) is 4.24. The van der Waals surface area contributed by atoms with E-state index in [1.54, 1.807) is 4.31 Å². The highest BCUT2D eigenvalue weighted by Crippen LogP contribution is 2.41. The summed E-state index contributed by atoms with van der Waals surface area (Å²) < 4.78 is 26.0. The fourth-order valence-electron chi connectivity index (χ4n) is 3.33. The lowest BCUT2D eigenvalue weighted by atomic mass is 9.95. The molecule has 0 spiro atoms. The first-order chi connectivity index (χ1) is 9.59. The van der Waals surface area contributed by atoms with Crippen molar-refractivity contribution in [1.82, 2.24) is 9.62 Å². The van der Waals surface area contributed by atoms with Crippen LogP contribution in [-0.4, -0.2) is 42.5 Å². The van der Waals surface area contributed by atoms with Crippen LogP contribution in [-0.2, 0) is 14.8 Å². The van der Waals surface area contributed by atoms with Crippen LogP contribution in [0.1, 0.15) is 59.3 Å². The van der Waals surface area contributed by atoms with Gasteiger partial charge in [0, 0.05) is 17.6 Å². The predicted octanol–water partition coefficient (Wildman–Crippen LogP) is 1.88. The molecule has 0 aromatic rings. The van der Waals surface area contributed by atoms with Crippen LogP contribution in [0.5, 0.6) is 0 Å². The summed E-state index contributed by atoms with van der Waals surface area (Å²) in [5, 5.41) is 2.96. The van der Waals surface area contributed by atoms with Gasteiger partial charge in [-0.2, -0.15) is 4.31 Å². The molecule has 2 saturated carbocycles. The highest BCUT2D eigenvalue weighted by atomic mass is 32.2. The summed E-state index contributed by atoms with van der Waals surface area (Å²) in [6.45, 7) is 5.83. The van der Waals surface area contributed by atoms with Crippen LogP contribution >= 0.6 is 0 Å². The third-order valence-corrected chi connectivity index (χ3v) is 5.57. The van der Waals surface area contributed by atoms with E-state index in [9.17, 15) is 13.2 Å². The minimum absolute atomic E-state index is 0.0167. The molecule has 0 saturated heterocycles. The van der Waals surface area contributed by atoms with E-state index in [0.717, 1.165) is 25.7 Å². The van der Waals surface area contributed by atoms with E-state index in [1.165, 1.54) is 12.7 Å². The predicted molar refractivity (Wildman–Crippen MR) is 83.3 cm³/mol. The van der Waals surface area contributed by atoms with E-state index in [4.69, 9.17) is 0 Å². The number of nitrogens with one attached hydrogen (secondary N) is 1. The molecule has 5 nitrogen and oxygen atoms in total. The van der Waals surface area contributed by atoms with Gasteiger partial charge >= 0.3 is 0 Å². The van der Waals surface area contributed by atoms with Gasteiger partial charge in [-0.05, 0) is 40.0 Å². The van der Waals surface area contributed by atoms with Crippen LogP contribution in [0.25, 0.3) is 0 Å². The lowest BCUT2D eigenvalue weighted by Gasteiger charge is -2.33. The summed E-state index contributed by atoms with van der Waals surface area (Å²) in [5.74, 6) is -0.196. The number of nitrogens with zero attached hydrogens (tertiary/aromatic N) is 1. The molecule has 2 atom stereocenters. The first kappa shape index (κ1) is 16.7. The van der Waals surface area contributed by atoms with Gasteiger partial charge in [0.15, 0.2) is 0 Å². The molecule has 1 N–H and O–H groups in total. The Bertz CT molecular complexity index is 490. The van der Waals surface area contributed by atoms with Crippen LogP contribution in [0, 0.1) is 5.92 Å². The van der Waals surface area contributed by atoms with Crippen molar-refractivity contribution in [2.24, 2.45) is 5.92 Å². The maximum Gasteiger partial charge on any atom is 0.225 e. The number of rotatable bonds is 4. The fraction of sp³-hybridized carbons (Fsp3) is 0.933. The minimum Gasteiger partial charge on any atom is -0.351 e. The Hall–Kier alpha value is -0.620. The molecule has 2 aliphatic rings. The molecule has 0 radical (unpaired) electrons. The zero-order chi connectivity index (χ0) is 15.8. The van der Waals surface area contributed by atoms with Gasteiger partial charge in [0.2, 0.25) is 15.9 Å². The smallest absolute Gasteiger partial charge is 0.225 e. The van der Waals surface area contributed by atoms with Crippen LogP contribution in [0.4, 0.5) is 0 Å². The molecule has 122 valence electrons. The summed E-state index contributed by atoms with van der Waals surface area (Å²) in [6, 6.07) is -0.0448. The monoisotopic (exact) mass is 316 g/mol. The van der Waals surface area contributed by atoms with Crippen LogP contribution in [0.3, 0.4) is 0 Å². The molecule has 6 heteroatoms. The number of amides is 1. The van der Waals surface area contributed by atoms with E-state index in [0.29, 0.717) is 6.42 Å². The van der Waals surface area contributed by atoms with Crippen molar-refractivity contribution in [2.75, 3.05) is 6.26 Å². The van der Waals surface area contributed by atoms with E-state index >= 15 is 0 Å². The molecule has 0 aliphatic heterocycles. The molecule has 0 unspecified atom stereocenters. The lowest BCUT2D eigenvalue weighted by molar-refractivity contribution is -0.124. The highest BCUT2D eigenvalue weighted by Gasteiger charge is 2.52. The van der Waals surface area contributed by atoms with Gasteiger partial charge in [0.1, 0.15) is 0 Å². The first-order valence-corrected chi connectivity index (χ1v) is 9.75. The van der Waals surface area contributed by atoms with E-state index in [2.05, 4.69) is 5.32 Å². The fourth-order valence-corrected chi connectivity index (χ4v) is 4.81. The minimum atomic E-state index is -3.26. The van der Waals surface area contributed by atoms with Crippen LogP contribution < -0.4 is 5.32 Å². The molecule has 0 heterocycles. The van der Waals surface area contributed by atoms with Crippen molar-refractivity contribution in [3.05, 3.63) is 0 Å². The highest BCUT2D eigenvalue weighted by molar-refractivity contribution is 7.88. The Morgan fingerprint density at radius 2 is 1.71 bits per heavy atom. The van der Waals surface area contributed by atoms with E-state index < -0.39 is 10.0 Å². The standard InChI is InChI=1S/C15H28N2O3S/c1-15(2,3)16-14(18)12-10-13(12)17(21(4,19)20)11-8-6-5-7-9-11/h11-13H,5-10H2,1-4H3,(H,16,18)/t12-,13-/m1/s1. The van der Waals surface area contributed by atoms with Crippen molar-refractivity contribution < 1.29 is 13.2 Å². The lowest BCUT2D eigenvalue weighted by Crippen LogP contribution is -2.46. The molecule has 2 rings (SSSR count). The molecule has 1 amide bonds. The Morgan fingerprint density at radius 1 is 1.14 bits per heavy atom. The molecule has 21 heavy (non-hydrogen) atoms. The maximum atomic E-state index is 12.2. The molecule has 2 aliphatic carbocycles. The van der Waals surface area contributed by atoms with Gasteiger partial charge < -0.3 is 5.32 Å². The Balaban J connectivity index is 2.05. The average Bonchev–Trinajstić information content (AvgIpc) is 3.06. The zero-order valence-electron chi connectivity index (χ0n) is 13.6. The maximum absolute atomic E-state index is 12.2. The Kier molecular flexibility index (Phi) is 4.69. The summed E-state index contributed by atoms with van der Waals surface area (Å²) >= 11 is 0. The summed E-state index contributed by atoms with van der Waals surface area (Å²) in [6.07, 6.45) is 7.15. The van der Waals surface area contributed by atoms with Gasteiger partial charge in [-0.1, -0.05) is 19.3 Å². The average molecular weight is 316 g/mol. The number of hydrogen-bond acceptors (Lipinski definition) is 3. The van der Waals surface area contributed by atoms with E-state index in [1.807, 2.05) is 20.8 Å². The Labute approximate surface area is 128 Å². The summed E-state index contributed by atoms with van der Waals surface area (Å²) in [7, 11) is -3.26. The third kappa shape index (κ3) is 4.42. The SMILES string of the molecule is CC(C)(C)NC(=O)[C@@H]1C[C@H]1N(C1CCCCC1)S(C)(=O)=O. The number of carbonyl (C=O) groups excluding carboxylic acids is 1. The normalized spacial score (nSPS) is 27.7. The topological polar surface area (TPSA) is 66.5 Å². The second-order valence-electron chi connectivity index (χ2n) is 7.53. The number of sulfonamides is 1. The Morgan fingerprint density at radius 3 is 2.19 bits per heavy atom. The summed E-state index contributed by atoms with van der Waals surface area (Å²) in [5.41, 5.74) is -0.273. The van der Waals surface area contributed by atoms with Crippen LogP contribution in [0.15, 0.2) is 0 Å². The number of carbonyl (C=O) groups is 1. The molecule has 0 bridgehead atoms. The number of hydrogen-bond donors (Lipinski definition) is 1.